The Morgan fingerprint density at radius 3 is 2.26 bits per heavy atom. The number of para-hydroxylation sites is 2. The van der Waals surface area contributed by atoms with Crippen LogP contribution in [0.2, 0.25) is 0 Å². The van der Waals surface area contributed by atoms with Gasteiger partial charge in [0.15, 0.2) is 5.84 Å². The summed E-state index contributed by atoms with van der Waals surface area (Å²) in [7, 11) is 1.96. The third-order valence-corrected chi connectivity index (χ3v) is 3.13. The molecule has 0 radical (unpaired) electrons. The normalized spacial score (nSPS) is 11.4. The number of hydrogen-bond acceptors (Lipinski definition) is 3. The highest BCUT2D eigenvalue weighted by atomic mass is 16.4. The molecule has 0 fully saturated rings. The van der Waals surface area contributed by atoms with Gasteiger partial charge in [-0.2, -0.15) is 0 Å². The Labute approximate surface area is 112 Å². The number of aryl methyl sites for hydroxylation is 1. The Hall–Kier alpha value is -2.49. The van der Waals surface area contributed by atoms with Gasteiger partial charge in [0.25, 0.3) is 0 Å². The minimum Gasteiger partial charge on any atom is -0.409 e. The Balaban J connectivity index is 2.51. The van der Waals surface area contributed by atoms with Crippen LogP contribution in [0.15, 0.2) is 53.7 Å². The van der Waals surface area contributed by atoms with Crippen molar-refractivity contribution in [3.8, 4) is 0 Å². The largest absolute Gasteiger partial charge is 0.409 e. The summed E-state index contributed by atoms with van der Waals surface area (Å²) in [5.74, 6) is 0.107. The Morgan fingerprint density at radius 1 is 1.05 bits per heavy atom. The molecule has 0 bridgehead atoms. The number of oxime groups is 1. The van der Waals surface area contributed by atoms with Gasteiger partial charge in [-0.15, -0.1) is 0 Å². The number of hydrogen-bond donors (Lipinski definition) is 2. The van der Waals surface area contributed by atoms with Crippen LogP contribution in [0.4, 0.5) is 11.4 Å². The van der Waals surface area contributed by atoms with Gasteiger partial charge in [-0.05, 0) is 30.7 Å². The molecule has 0 spiro atoms. The Kier molecular flexibility index (Phi) is 3.71. The molecule has 0 atom stereocenters. The van der Waals surface area contributed by atoms with E-state index in [0.29, 0.717) is 5.56 Å². The number of rotatable bonds is 3. The van der Waals surface area contributed by atoms with E-state index in [2.05, 4.69) is 18.1 Å². The molecule has 2 aromatic carbocycles. The summed E-state index contributed by atoms with van der Waals surface area (Å²) >= 11 is 0. The van der Waals surface area contributed by atoms with Crippen LogP contribution in [0.5, 0.6) is 0 Å². The molecular weight excluding hydrogens is 238 g/mol. The van der Waals surface area contributed by atoms with Crippen molar-refractivity contribution >= 4 is 17.2 Å². The van der Waals surface area contributed by atoms with Gasteiger partial charge in [0.2, 0.25) is 0 Å². The first kappa shape index (κ1) is 13.0. The number of nitrogens with two attached hydrogens (primary N) is 1. The Bertz CT molecular complexity index is 608. The van der Waals surface area contributed by atoms with Crippen LogP contribution >= 0.6 is 0 Å². The van der Waals surface area contributed by atoms with Gasteiger partial charge in [0.05, 0.1) is 5.69 Å². The summed E-state index contributed by atoms with van der Waals surface area (Å²) in [6.07, 6.45) is 0. The van der Waals surface area contributed by atoms with Gasteiger partial charge in [-0.3, -0.25) is 0 Å². The van der Waals surface area contributed by atoms with E-state index in [1.54, 1.807) is 0 Å². The first-order valence-electron chi connectivity index (χ1n) is 6.01. The van der Waals surface area contributed by atoms with E-state index in [9.17, 15) is 0 Å². The second-order valence-corrected chi connectivity index (χ2v) is 4.35. The molecular formula is C15H17N3O. The first-order chi connectivity index (χ1) is 9.15. The lowest BCUT2D eigenvalue weighted by Gasteiger charge is -2.23. The van der Waals surface area contributed by atoms with Crippen LogP contribution in [0, 0.1) is 6.92 Å². The monoisotopic (exact) mass is 255 g/mol. The third-order valence-electron chi connectivity index (χ3n) is 3.13. The highest BCUT2D eigenvalue weighted by molar-refractivity contribution is 6.02. The summed E-state index contributed by atoms with van der Waals surface area (Å²) in [6.45, 7) is 2.05. The van der Waals surface area contributed by atoms with Crippen molar-refractivity contribution in [2.75, 3.05) is 11.9 Å². The van der Waals surface area contributed by atoms with E-state index in [-0.39, 0.29) is 5.84 Å². The quantitative estimate of drug-likeness (QED) is 0.384. The number of amidine groups is 1. The Morgan fingerprint density at radius 2 is 1.63 bits per heavy atom. The summed E-state index contributed by atoms with van der Waals surface area (Å²) < 4.78 is 0. The van der Waals surface area contributed by atoms with Gasteiger partial charge < -0.3 is 15.8 Å². The second-order valence-electron chi connectivity index (χ2n) is 4.35. The second kappa shape index (κ2) is 5.44. The highest BCUT2D eigenvalue weighted by Crippen LogP contribution is 2.29. The van der Waals surface area contributed by atoms with E-state index in [1.807, 2.05) is 54.4 Å². The lowest BCUT2D eigenvalue weighted by molar-refractivity contribution is 0.318. The van der Waals surface area contributed by atoms with E-state index >= 15 is 0 Å². The molecule has 98 valence electrons. The van der Waals surface area contributed by atoms with Gasteiger partial charge >= 0.3 is 0 Å². The molecule has 4 heteroatoms. The van der Waals surface area contributed by atoms with Gasteiger partial charge in [-0.1, -0.05) is 35.5 Å². The number of benzene rings is 2. The fourth-order valence-electron chi connectivity index (χ4n) is 2.11. The molecule has 0 saturated carbocycles. The van der Waals surface area contributed by atoms with Crippen LogP contribution in [0.25, 0.3) is 0 Å². The van der Waals surface area contributed by atoms with Crippen molar-refractivity contribution in [2.45, 2.75) is 6.92 Å². The van der Waals surface area contributed by atoms with Crippen LogP contribution in [0.1, 0.15) is 11.1 Å². The van der Waals surface area contributed by atoms with Gasteiger partial charge in [0.1, 0.15) is 0 Å². The molecule has 0 heterocycles. The first-order valence-corrected chi connectivity index (χ1v) is 6.01. The molecule has 0 aromatic heterocycles. The topological polar surface area (TPSA) is 61.8 Å². The maximum Gasteiger partial charge on any atom is 0.172 e. The zero-order chi connectivity index (χ0) is 13.8. The van der Waals surface area contributed by atoms with Crippen LogP contribution in [-0.2, 0) is 0 Å². The average molecular weight is 255 g/mol. The SMILES string of the molecule is Cc1ccccc1N(C)c1ccccc1C(N)=NO. The molecule has 4 nitrogen and oxygen atoms in total. The zero-order valence-electron chi connectivity index (χ0n) is 11.0. The summed E-state index contributed by atoms with van der Waals surface area (Å²) in [4.78, 5) is 2.03. The summed E-state index contributed by atoms with van der Waals surface area (Å²) in [5, 5.41) is 11.9. The predicted molar refractivity (Wildman–Crippen MR) is 78.2 cm³/mol. The maximum atomic E-state index is 8.86. The molecule has 0 amide bonds. The lowest BCUT2D eigenvalue weighted by Crippen LogP contribution is -2.19. The van der Waals surface area contributed by atoms with E-state index in [0.717, 1.165) is 11.4 Å². The van der Waals surface area contributed by atoms with Crippen molar-refractivity contribution in [1.82, 2.24) is 0 Å². The van der Waals surface area contributed by atoms with Gasteiger partial charge in [-0.25, -0.2) is 0 Å². The predicted octanol–water partition coefficient (Wildman–Crippen LogP) is 2.86. The van der Waals surface area contributed by atoms with Crippen molar-refractivity contribution in [1.29, 1.82) is 0 Å². The summed E-state index contributed by atoms with van der Waals surface area (Å²) in [6, 6.07) is 15.7. The van der Waals surface area contributed by atoms with Crippen LogP contribution < -0.4 is 10.6 Å². The van der Waals surface area contributed by atoms with Crippen molar-refractivity contribution < 1.29 is 5.21 Å². The molecule has 3 N–H and O–H groups in total. The smallest absolute Gasteiger partial charge is 0.172 e. The van der Waals surface area contributed by atoms with Crippen LogP contribution in [0.3, 0.4) is 0 Å². The summed E-state index contributed by atoms with van der Waals surface area (Å²) in [5.41, 5.74) is 9.57. The number of anilines is 2. The van der Waals surface area contributed by atoms with E-state index in [1.165, 1.54) is 5.56 Å². The minimum absolute atomic E-state index is 0.107. The highest BCUT2D eigenvalue weighted by Gasteiger charge is 2.12. The molecule has 0 unspecified atom stereocenters. The minimum atomic E-state index is 0.107. The molecule has 0 saturated heterocycles. The van der Waals surface area contributed by atoms with Crippen molar-refractivity contribution in [3.63, 3.8) is 0 Å². The molecule has 2 rings (SSSR count). The van der Waals surface area contributed by atoms with E-state index < -0.39 is 0 Å². The lowest BCUT2D eigenvalue weighted by atomic mass is 10.1. The molecule has 19 heavy (non-hydrogen) atoms. The zero-order valence-corrected chi connectivity index (χ0v) is 11.0. The molecule has 0 aliphatic carbocycles. The maximum absolute atomic E-state index is 8.86. The fourth-order valence-corrected chi connectivity index (χ4v) is 2.11. The van der Waals surface area contributed by atoms with Crippen molar-refractivity contribution in [2.24, 2.45) is 10.9 Å². The average Bonchev–Trinajstić information content (AvgIpc) is 2.46. The van der Waals surface area contributed by atoms with E-state index in [4.69, 9.17) is 10.9 Å². The molecule has 2 aromatic rings. The fraction of sp³-hybridized carbons (Fsp3) is 0.133. The number of nitrogens with zero attached hydrogens (tertiary/aromatic N) is 2. The third kappa shape index (κ3) is 2.52. The molecule has 0 aliphatic rings. The molecule has 0 aliphatic heterocycles. The van der Waals surface area contributed by atoms with Crippen LogP contribution in [-0.4, -0.2) is 18.1 Å². The van der Waals surface area contributed by atoms with Gasteiger partial charge in [0, 0.05) is 18.3 Å². The van der Waals surface area contributed by atoms with Crippen molar-refractivity contribution in [3.05, 3.63) is 59.7 Å². The standard InChI is InChI=1S/C15H17N3O/c1-11-7-3-5-9-13(11)18(2)14-10-6-4-8-12(14)15(16)17-19/h3-10,19H,1-2H3,(H2,16,17).